The Balaban J connectivity index is 1.95. The Morgan fingerprint density at radius 3 is 2.95 bits per heavy atom. The molecular weight excluding hydrogens is 282 g/mol. The van der Waals surface area contributed by atoms with Crippen molar-refractivity contribution in [3.8, 4) is 5.69 Å². The zero-order valence-electron chi connectivity index (χ0n) is 12.5. The molecule has 7 heteroatoms. The van der Waals surface area contributed by atoms with E-state index >= 15 is 0 Å². The van der Waals surface area contributed by atoms with Crippen LogP contribution in [0.2, 0.25) is 0 Å². The zero-order valence-corrected chi connectivity index (χ0v) is 12.5. The lowest BCUT2D eigenvalue weighted by Gasteiger charge is -2.07. The highest BCUT2D eigenvalue weighted by Crippen LogP contribution is 2.13. The number of aromatic nitrogens is 4. The first kappa shape index (κ1) is 15.8. The predicted octanol–water partition coefficient (Wildman–Crippen LogP) is 1.89. The van der Waals surface area contributed by atoms with Crippen LogP contribution in [0.15, 0.2) is 37.2 Å². The van der Waals surface area contributed by atoms with E-state index < -0.39 is 0 Å². The lowest BCUT2D eigenvalue weighted by Crippen LogP contribution is -2.16. The first-order valence-electron chi connectivity index (χ1n) is 7.03. The molecule has 0 atom stereocenters. The number of nitrogens with zero attached hydrogens (tertiary/aromatic N) is 4. The van der Waals surface area contributed by atoms with Crippen molar-refractivity contribution in [3.63, 3.8) is 0 Å². The molecule has 2 heterocycles. The maximum atomic E-state index is 12.0. The first-order valence-corrected chi connectivity index (χ1v) is 7.03. The normalized spacial score (nSPS) is 10.4. The van der Waals surface area contributed by atoms with Crippen LogP contribution in [-0.2, 0) is 9.53 Å². The largest absolute Gasteiger partial charge is 0.377 e. The van der Waals surface area contributed by atoms with Crippen LogP contribution in [0.3, 0.4) is 0 Å². The molecule has 0 radical (unpaired) electrons. The number of hydrogen-bond donors (Lipinski definition) is 1. The van der Waals surface area contributed by atoms with Crippen molar-refractivity contribution in [2.75, 3.05) is 18.5 Å². The highest BCUT2D eigenvalue weighted by atomic mass is 16.5. The summed E-state index contributed by atoms with van der Waals surface area (Å²) in [6.45, 7) is 6.36. The summed E-state index contributed by atoms with van der Waals surface area (Å²) in [6, 6.07) is 3.60. The number of carbonyl (C=O) groups excluding carboxylic acids is 1. The second-order valence-corrected chi connectivity index (χ2v) is 4.62. The Hall–Kier alpha value is -2.54. The number of pyridine rings is 1. The van der Waals surface area contributed by atoms with Crippen LogP contribution in [0.4, 0.5) is 5.95 Å². The molecule has 0 unspecified atom stereocenters. The quantitative estimate of drug-likeness (QED) is 0.595. The molecule has 0 aromatic carbocycles. The summed E-state index contributed by atoms with van der Waals surface area (Å²) < 4.78 is 6.83. The molecule has 2 aromatic heterocycles. The van der Waals surface area contributed by atoms with Crippen molar-refractivity contribution in [1.29, 1.82) is 0 Å². The Morgan fingerprint density at radius 2 is 2.23 bits per heavy atom. The Labute approximate surface area is 129 Å². The monoisotopic (exact) mass is 301 g/mol. The van der Waals surface area contributed by atoms with Crippen molar-refractivity contribution in [1.82, 2.24) is 19.7 Å². The third-order valence-corrected chi connectivity index (χ3v) is 2.80. The van der Waals surface area contributed by atoms with Gasteiger partial charge in [-0.3, -0.25) is 15.1 Å². The van der Waals surface area contributed by atoms with Gasteiger partial charge in [0.15, 0.2) is 0 Å². The fraction of sp³-hybridized carbons (Fsp3) is 0.333. The number of anilines is 1. The summed E-state index contributed by atoms with van der Waals surface area (Å²) in [5.41, 5.74) is 0.792. The molecular formula is C15H19N5O2. The van der Waals surface area contributed by atoms with Crippen molar-refractivity contribution < 1.29 is 9.53 Å². The fourth-order valence-corrected chi connectivity index (χ4v) is 1.85. The van der Waals surface area contributed by atoms with Gasteiger partial charge < -0.3 is 4.74 Å². The number of aryl methyl sites for hydroxylation is 1. The molecule has 0 saturated carbocycles. The first-order chi connectivity index (χ1) is 10.7. The summed E-state index contributed by atoms with van der Waals surface area (Å²) in [5.74, 6) is 0.868. The van der Waals surface area contributed by atoms with E-state index in [0.29, 0.717) is 37.8 Å². The van der Waals surface area contributed by atoms with Crippen LogP contribution in [0, 0.1) is 6.92 Å². The van der Waals surface area contributed by atoms with E-state index in [9.17, 15) is 4.79 Å². The van der Waals surface area contributed by atoms with Crippen LogP contribution < -0.4 is 5.32 Å². The molecule has 2 aromatic rings. The third-order valence-electron chi connectivity index (χ3n) is 2.80. The van der Waals surface area contributed by atoms with E-state index in [4.69, 9.17) is 4.74 Å². The van der Waals surface area contributed by atoms with Crippen molar-refractivity contribution in [2.24, 2.45) is 0 Å². The van der Waals surface area contributed by atoms with Crippen molar-refractivity contribution in [2.45, 2.75) is 19.8 Å². The molecule has 1 N–H and O–H groups in total. The summed E-state index contributed by atoms with van der Waals surface area (Å²) in [6.07, 6.45) is 6.01. The molecule has 22 heavy (non-hydrogen) atoms. The number of rotatable bonds is 8. The van der Waals surface area contributed by atoms with Crippen LogP contribution in [-0.4, -0.2) is 38.9 Å². The molecule has 0 spiro atoms. The fourth-order valence-electron chi connectivity index (χ4n) is 1.85. The molecule has 0 fully saturated rings. The van der Waals surface area contributed by atoms with Gasteiger partial charge in [0.1, 0.15) is 5.82 Å². The highest BCUT2D eigenvalue weighted by molar-refractivity contribution is 5.89. The van der Waals surface area contributed by atoms with Gasteiger partial charge in [-0.15, -0.1) is 11.7 Å². The average Bonchev–Trinajstić information content (AvgIpc) is 2.88. The van der Waals surface area contributed by atoms with Gasteiger partial charge in [0.05, 0.1) is 12.3 Å². The van der Waals surface area contributed by atoms with Crippen LogP contribution in [0.25, 0.3) is 5.69 Å². The zero-order chi connectivity index (χ0) is 15.8. The molecule has 2 rings (SSSR count). The Kier molecular flexibility index (Phi) is 5.79. The lowest BCUT2D eigenvalue weighted by molar-refractivity contribution is -0.116. The molecule has 116 valence electrons. The molecule has 0 bridgehead atoms. The highest BCUT2D eigenvalue weighted by Gasteiger charge is 2.12. The van der Waals surface area contributed by atoms with E-state index in [1.165, 1.54) is 0 Å². The summed E-state index contributed by atoms with van der Waals surface area (Å²) in [4.78, 5) is 20.2. The van der Waals surface area contributed by atoms with E-state index in [2.05, 4.69) is 27.0 Å². The van der Waals surface area contributed by atoms with Gasteiger partial charge in [-0.1, -0.05) is 6.08 Å². The number of ether oxygens (including phenoxy) is 1. The van der Waals surface area contributed by atoms with Gasteiger partial charge in [0.2, 0.25) is 11.9 Å². The second kappa shape index (κ2) is 8.04. The molecule has 0 aliphatic heterocycles. The average molecular weight is 301 g/mol. The molecule has 1 amide bonds. The predicted molar refractivity (Wildman–Crippen MR) is 82.8 cm³/mol. The van der Waals surface area contributed by atoms with E-state index in [0.717, 1.165) is 5.69 Å². The van der Waals surface area contributed by atoms with Crippen LogP contribution >= 0.6 is 0 Å². The van der Waals surface area contributed by atoms with Gasteiger partial charge in [-0.2, -0.15) is 9.67 Å². The van der Waals surface area contributed by atoms with Gasteiger partial charge >= 0.3 is 0 Å². The van der Waals surface area contributed by atoms with Gasteiger partial charge in [0.25, 0.3) is 0 Å². The van der Waals surface area contributed by atoms with Crippen LogP contribution in [0.1, 0.15) is 18.7 Å². The maximum absolute atomic E-state index is 12.0. The molecule has 0 aliphatic rings. The van der Waals surface area contributed by atoms with Crippen LogP contribution in [0.5, 0.6) is 0 Å². The summed E-state index contributed by atoms with van der Waals surface area (Å²) >= 11 is 0. The smallest absolute Gasteiger partial charge is 0.233 e. The molecule has 0 aliphatic carbocycles. The minimum atomic E-state index is -0.120. The number of carbonyl (C=O) groups is 1. The van der Waals surface area contributed by atoms with Crippen molar-refractivity contribution >= 4 is 11.9 Å². The second-order valence-electron chi connectivity index (χ2n) is 4.62. The van der Waals surface area contributed by atoms with Gasteiger partial charge in [-0.25, -0.2) is 0 Å². The maximum Gasteiger partial charge on any atom is 0.233 e. The standard InChI is InChI=1S/C15H19N5O2/c1-3-10-22-11-4-5-14(21)18-15-17-12(2)19-20(15)13-6-8-16-9-7-13/h3,6-9H,1,4-5,10-11H2,2H3,(H,17,18,19,21). The third kappa shape index (κ3) is 4.49. The Bertz CT molecular complexity index is 624. The van der Waals surface area contributed by atoms with Gasteiger partial charge in [-0.05, 0) is 25.5 Å². The molecule has 0 saturated heterocycles. The summed E-state index contributed by atoms with van der Waals surface area (Å²) in [7, 11) is 0. The summed E-state index contributed by atoms with van der Waals surface area (Å²) in [5, 5.41) is 7.06. The van der Waals surface area contributed by atoms with E-state index in [1.807, 2.05) is 0 Å². The minimum absolute atomic E-state index is 0.120. The number of hydrogen-bond acceptors (Lipinski definition) is 5. The SMILES string of the molecule is C=CCOCCCC(=O)Nc1nc(C)nn1-c1ccncc1. The Morgan fingerprint density at radius 1 is 1.45 bits per heavy atom. The van der Waals surface area contributed by atoms with Gasteiger partial charge in [0, 0.05) is 25.4 Å². The minimum Gasteiger partial charge on any atom is -0.377 e. The lowest BCUT2D eigenvalue weighted by atomic mass is 10.3. The number of amides is 1. The van der Waals surface area contributed by atoms with Crippen molar-refractivity contribution in [3.05, 3.63) is 43.0 Å². The topological polar surface area (TPSA) is 81.9 Å². The number of nitrogens with one attached hydrogen (secondary N) is 1. The van der Waals surface area contributed by atoms with E-state index in [1.54, 1.807) is 42.2 Å². The van der Waals surface area contributed by atoms with E-state index in [-0.39, 0.29) is 5.91 Å². The molecule has 7 nitrogen and oxygen atoms in total.